The molecule has 1 aromatic carbocycles. The lowest BCUT2D eigenvalue weighted by molar-refractivity contribution is 0.172. The Balaban J connectivity index is 0.00000280. The first-order valence-corrected chi connectivity index (χ1v) is 9.58. The first kappa shape index (κ1) is 22.4. The maximum absolute atomic E-state index is 5.19. The first-order valence-electron chi connectivity index (χ1n) is 9.58. The zero-order valence-electron chi connectivity index (χ0n) is 16.7. The van der Waals surface area contributed by atoms with Crippen LogP contribution < -0.4 is 10.1 Å². The van der Waals surface area contributed by atoms with E-state index in [4.69, 9.17) is 9.73 Å². The minimum Gasteiger partial charge on any atom is -0.481 e. The van der Waals surface area contributed by atoms with Crippen LogP contribution in [0.1, 0.15) is 18.2 Å². The molecule has 0 spiro atoms. The predicted molar refractivity (Wildman–Crippen MR) is 124 cm³/mol. The molecule has 0 atom stereocenters. The summed E-state index contributed by atoms with van der Waals surface area (Å²) in [6, 6.07) is 16.4. The highest BCUT2D eigenvalue weighted by Crippen LogP contribution is 2.10. The smallest absolute Gasteiger partial charge is 0.213 e. The number of hydrogen-bond acceptors (Lipinski definition) is 4. The molecule has 1 fully saturated rings. The molecule has 152 valence electrons. The maximum atomic E-state index is 5.19. The second-order valence-corrected chi connectivity index (χ2v) is 6.59. The number of aliphatic imine (C=N–C) groups is 1. The summed E-state index contributed by atoms with van der Waals surface area (Å²) >= 11 is 0. The van der Waals surface area contributed by atoms with Gasteiger partial charge in [0, 0.05) is 45.3 Å². The van der Waals surface area contributed by atoms with E-state index < -0.39 is 0 Å². The summed E-state index contributed by atoms with van der Waals surface area (Å²) in [7, 11) is 1.63. The normalized spacial score (nSPS) is 15.1. The number of ether oxygens (including phenoxy) is 1. The number of aromatic nitrogens is 1. The Morgan fingerprint density at radius 1 is 1.07 bits per heavy atom. The van der Waals surface area contributed by atoms with Crippen LogP contribution in [-0.2, 0) is 13.1 Å². The average Bonchev–Trinajstić information content (AvgIpc) is 2.73. The van der Waals surface area contributed by atoms with Gasteiger partial charge in [0.15, 0.2) is 5.96 Å². The molecule has 0 saturated carbocycles. The van der Waals surface area contributed by atoms with Crippen molar-refractivity contribution in [3.05, 3.63) is 59.8 Å². The van der Waals surface area contributed by atoms with Crippen molar-refractivity contribution in [3.8, 4) is 5.88 Å². The van der Waals surface area contributed by atoms with Gasteiger partial charge in [0.1, 0.15) is 0 Å². The predicted octanol–water partition coefficient (Wildman–Crippen LogP) is 2.99. The summed E-state index contributed by atoms with van der Waals surface area (Å²) in [5.41, 5.74) is 2.28. The second-order valence-electron chi connectivity index (χ2n) is 6.59. The lowest BCUT2D eigenvalue weighted by Gasteiger charge is -2.36. The minimum absolute atomic E-state index is 0. The van der Waals surface area contributed by atoms with Crippen molar-refractivity contribution in [1.82, 2.24) is 20.1 Å². The number of nitrogens with zero attached hydrogens (tertiary/aromatic N) is 4. The third-order valence-electron chi connectivity index (χ3n) is 4.64. The largest absolute Gasteiger partial charge is 0.481 e. The van der Waals surface area contributed by atoms with E-state index in [1.807, 2.05) is 18.2 Å². The molecule has 0 unspecified atom stereocenters. The van der Waals surface area contributed by atoms with Gasteiger partial charge < -0.3 is 15.0 Å². The van der Waals surface area contributed by atoms with Crippen molar-refractivity contribution in [2.45, 2.75) is 20.0 Å². The molecule has 3 rings (SSSR count). The van der Waals surface area contributed by atoms with Gasteiger partial charge in [-0.15, -0.1) is 24.0 Å². The summed E-state index contributed by atoms with van der Waals surface area (Å²) in [4.78, 5) is 14.1. The van der Waals surface area contributed by atoms with E-state index in [2.05, 4.69) is 57.4 Å². The van der Waals surface area contributed by atoms with Crippen LogP contribution in [0.4, 0.5) is 0 Å². The molecule has 7 heteroatoms. The third kappa shape index (κ3) is 6.63. The van der Waals surface area contributed by atoms with Crippen LogP contribution in [0.2, 0.25) is 0 Å². The van der Waals surface area contributed by atoms with E-state index in [-0.39, 0.29) is 24.0 Å². The molecule has 2 heterocycles. The highest BCUT2D eigenvalue weighted by atomic mass is 127. The Kier molecular flexibility index (Phi) is 9.49. The molecule has 1 N–H and O–H groups in total. The van der Waals surface area contributed by atoms with Gasteiger partial charge in [0.2, 0.25) is 5.88 Å². The molecule has 1 aliphatic rings. The Hall–Kier alpha value is -1.87. The van der Waals surface area contributed by atoms with Gasteiger partial charge in [-0.1, -0.05) is 36.4 Å². The molecule has 6 nitrogen and oxygen atoms in total. The SMILES string of the molecule is CCNC(=NCc1cccc(OC)n1)N1CCN(Cc2ccccc2)CC1.I. The number of rotatable bonds is 6. The second kappa shape index (κ2) is 11.9. The van der Waals surface area contributed by atoms with Crippen molar-refractivity contribution in [2.75, 3.05) is 39.8 Å². The van der Waals surface area contributed by atoms with Crippen molar-refractivity contribution < 1.29 is 4.74 Å². The monoisotopic (exact) mass is 495 g/mol. The fourth-order valence-electron chi connectivity index (χ4n) is 3.20. The Morgan fingerprint density at radius 3 is 2.50 bits per heavy atom. The van der Waals surface area contributed by atoms with Crippen molar-refractivity contribution in [3.63, 3.8) is 0 Å². The Labute approximate surface area is 185 Å². The van der Waals surface area contributed by atoms with Crippen LogP contribution >= 0.6 is 24.0 Å². The molecule has 0 aliphatic carbocycles. The van der Waals surface area contributed by atoms with Crippen LogP contribution in [0.25, 0.3) is 0 Å². The van der Waals surface area contributed by atoms with Gasteiger partial charge >= 0.3 is 0 Å². The number of nitrogens with one attached hydrogen (secondary N) is 1. The number of piperazine rings is 1. The highest BCUT2D eigenvalue weighted by molar-refractivity contribution is 14.0. The summed E-state index contributed by atoms with van der Waals surface area (Å²) in [5.74, 6) is 1.59. The van der Waals surface area contributed by atoms with E-state index >= 15 is 0 Å². The maximum Gasteiger partial charge on any atom is 0.213 e. The quantitative estimate of drug-likeness (QED) is 0.380. The van der Waals surface area contributed by atoms with Gasteiger partial charge in [-0.25, -0.2) is 9.98 Å². The van der Waals surface area contributed by atoms with Crippen LogP contribution in [-0.4, -0.2) is 60.6 Å². The molecule has 0 bridgehead atoms. The summed E-state index contributed by atoms with van der Waals surface area (Å²) in [6.07, 6.45) is 0. The van der Waals surface area contributed by atoms with Crippen LogP contribution in [0.5, 0.6) is 5.88 Å². The third-order valence-corrected chi connectivity index (χ3v) is 4.64. The van der Waals surface area contributed by atoms with Crippen LogP contribution in [0.3, 0.4) is 0 Å². The van der Waals surface area contributed by atoms with Gasteiger partial charge in [-0.2, -0.15) is 0 Å². The number of pyridine rings is 1. The van der Waals surface area contributed by atoms with E-state index in [9.17, 15) is 0 Å². The molecule has 2 aromatic rings. The fraction of sp³-hybridized carbons (Fsp3) is 0.429. The van der Waals surface area contributed by atoms with E-state index in [0.29, 0.717) is 12.4 Å². The summed E-state index contributed by atoms with van der Waals surface area (Å²) in [6.45, 7) is 8.54. The molecular weight excluding hydrogens is 465 g/mol. The molecule has 0 radical (unpaired) electrons. The molecule has 1 saturated heterocycles. The van der Waals surface area contributed by atoms with Crippen LogP contribution in [0, 0.1) is 0 Å². The molecule has 0 amide bonds. The van der Waals surface area contributed by atoms with Gasteiger partial charge in [0.25, 0.3) is 0 Å². The van der Waals surface area contributed by atoms with Crippen molar-refractivity contribution in [1.29, 1.82) is 0 Å². The molecule has 28 heavy (non-hydrogen) atoms. The first-order chi connectivity index (χ1) is 13.3. The standard InChI is InChI=1S/C21H29N5O.HI/c1-3-22-21(23-16-19-10-7-11-20(24-19)27-2)26-14-12-25(13-15-26)17-18-8-5-4-6-9-18;/h4-11H,3,12-17H2,1-2H3,(H,22,23);1H. The lowest BCUT2D eigenvalue weighted by atomic mass is 10.2. The van der Waals surface area contributed by atoms with Gasteiger partial charge in [-0.3, -0.25) is 4.90 Å². The van der Waals surface area contributed by atoms with E-state index in [0.717, 1.165) is 50.9 Å². The molecular formula is C21H30IN5O. The molecule has 1 aromatic heterocycles. The topological polar surface area (TPSA) is 53.0 Å². The fourth-order valence-corrected chi connectivity index (χ4v) is 3.20. The molecule has 1 aliphatic heterocycles. The zero-order valence-corrected chi connectivity index (χ0v) is 19.0. The zero-order chi connectivity index (χ0) is 18.9. The van der Waals surface area contributed by atoms with E-state index in [1.165, 1.54) is 5.56 Å². The van der Waals surface area contributed by atoms with Gasteiger partial charge in [-0.05, 0) is 18.6 Å². The average molecular weight is 495 g/mol. The van der Waals surface area contributed by atoms with Crippen molar-refractivity contribution >= 4 is 29.9 Å². The van der Waals surface area contributed by atoms with Gasteiger partial charge in [0.05, 0.1) is 19.3 Å². The lowest BCUT2D eigenvalue weighted by Crippen LogP contribution is -2.52. The Morgan fingerprint density at radius 2 is 1.82 bits per heavy atom. The number of methoxy groups -OCH3 is 1. The van der Waals surface area contributed by atoms with Crippen molar-refractivity contribution in [2.24, 2.45) is 4.99 Å². The highest BCUT2D eigenvalue weighted by Gasteiger charge is 2.19. The summed E-state index contributed by atoms with van der Waals surface area (Å²) < 4.78 is 5.19. The number of halogens is 1. The Bertz CT molecular complexity index is 733. The van der Waals surface area contributed by atoms with Crippen LogP contribution in [0.15, 0.2) is 53.5 Å². The summed E-state index contributed by atoms with van der Waals surface area (Å²) in [5, 5.41) is 3.41. The van der Waals surface area contributed by atoms with E-state index in [1.54, 1.807) is 7.11 Å². The number of guanidine groups is 1. The number of hydrogen-bond donors (Lipinski definition) is 1. The number of benzene rings is 1. The minimum atomic E-state index is 0.